The van der Waals surface area contributed by atoms with Gasteiger partial charge in [0.05, 0.1) is 0 Å². The third-order valence-electron chi connectivity index (χ3n) is 3.31. The Morgan fingerprint density at radius 1 is 1.17 bits per heavy atom. The average Bonchev–Trinajstić information content (AvgIpc) is 2.36. The molecule has 0 bridgehead atoms. The van der Waals surface area contributed by atoms with Gasteiger partial charge in [0.15, 0.2) is 0 Å². The fraction of sp³-hybridized carbons (Fsp3) is 0.625. The number of nitrogens with zero attached hydrogens (tertiary/aromatic N) is 1. The molecule has 0 fully saturated rings. The summed E-state index contributed by atoms with van der Waals surface area (Å²) in [7, 11) is 4.21. The highest BCUT2D eigenvalue weighted by molar-refractivity contribution is 5.24. The Bertz CT molecular complexity index is 316. The molecule has 0 amide bonds. The standard InChI is InChI=1S/C16H28N2/c1-5-6-7-15-8-10-16(11-9-15)14(2)17-12-13-18(3)4/h8-11,14,17H,5-7,12-13H2,1-4H3. The van der Waals surface area contributed by atoms with E-state index in [1.807, 2.05) is 0 Å². The van der Waals surface area contributed by atoms with Gasteiger partial charge in [0.25, 0.3) is 0 Å². The third-order valence-corrected chi connectivity index (χ3v) is 3.31. The van der Waals surface area contributed by atoms with Crippen LogP contribution in [-0.2, 0) is 6.42 Å². The smallest absolute Gasteiger partial charge is 0.0292 e. The second-order valence-electron chi connectivity index (χ2n) is 5.32. The van der Waals surface area contributed by atoms with Gasteiger partial charge in [-0.3, -0.25) is 0 Å². The fourth-order valence-electron chi connectivity index (χ4n) is 1.98. The van der Waals surface area contributed by atoms with Gasteiger partial charge in [0, 0.05) is 19.1 Å². The van der Waals surface area contributed by atoms with Crippen LogP contribution in [0.25, 0.3) is 0 Å². The molecule has 2 nitrogen and oxygen atoms in total. The Balaban J connectivity index is 2.40. The molecule has 18 heavy (non-hydrogen) atoms. The highest BCUT2D eigenvalue weighted by Gasteiger charge is 2.04. The predicted molar refractivity (Wildman–Crippen MR) is 80.0 cm³/mol. The van der Waals surface area contributed by atoms with E-state index in [1.54, 1.807) is 0 Å². The van der Waals surface area contributed by atoms with Crippen molar-refractivity contribution in [2.24, 2.45) is 0 Å². The molecule has 0 aliphatic carbocycles. The predicted octanol–water partition coefficient (Wildman–Crippen LogP) is 3.24. The normalized spacial score (nSPS) is 12.9. The Morgan fingerprint density at radius 2 is 1.83 bits per heavy atom. The lowest BCUT2D eigenvalue weighted by molar-refractivity contribution is 0.389. The van der Waals surface area contributed by atoms with Crippen molar-refractivity contribution in [3.63, 3.8) is 0 Å². The van der Waals surface area contributed by atoms with E-state index in [2.05, 4.69) is 62.4 Å². The number of rotatable bonds is 8. The van der Waals surface area contributed by atoms with Crippen LogP contribution in [0.4, 0.5) is 0 Å². The van der Waals surface area contributed by atoms with E-state index in [9.17, 15) is 0 Å². The van der Waals surface area contributed by atoms with Crippen LogP contribution >= 0.6 is 0 Å². The molecule has 0 saturated carbocycles. The van der Waals surface area contributed by atoms with Gasteiger partial charge in [-0.1, -0.05) is 37.6 Å². The van der Waals surface area contributed by atoms with E-state index in [0.717, 1.165) is 13.1 Å². The maximum atomic E-state index is 3.55. The van der Waals surface area contributed by atoms with Crippen LogP contribution in [-0.4, -0.2) is 32.1 Å². The van der Waals surface area contributed by atoms with Gasteiger partial charge < -0.3 is 10.2 Å². The fourth-order valence-corrected chi connectivity index (χ4v) is 1.98. The van der Waals surface area contributed by atoms with Crippen molar-refractivity contribution in [1.82, 2.24) is 10.2 Å². The van der Waals surface area contributed by atoms with Crippen molar-refractivity contribution in [1.29, 1.82) is 0 Å². The minimum Gasteiger partial charge on any atom is -0.309 e. The van der Waals surface area contributed by atoms with Crippen LogP contribution in [0.2, 0.25) is 0 Å². The third kappa shape index (κ3) is 5.65. The van der Waals surface area contributed by atoms with Gasteiger partial charge in [-0.2, -0.15) is 0 Å². The van der Waals surface area contributed by atoms with E-state index in [1.165, 1.54) is 30.4 Å². The minimum atomic E-state index is 0.435. The van der Waals surface area contributed by atoms with E-state index in [0.29, 0.717) is 6.04 Å². The summed E-state index contributed by atoms with van der Waals surface area (Å²) in [5.74, 6) is 0. The number of nitrogens with one attached hydrogen (secondary N) is 1. The zero-order chi connectivity index (χ0) is 13.4. The first kappa shape index (κ1) is 15.2. The highest BCUT2D eigenvalue weighted by atomic mass is 15.1. The molecule has 1 rings (SSSR count). The molecular weight excluding hydrogens is 220 g/mol. The molecule has 1 atom stereocenters. The molecule has 0 aliphatic heterocycles. The first-order valence-corrected chi connectivity index (χ1v) is 7.10. The Morgan fingerprint density at radius 3 is 2.39 bits per heavy atom. The molecule has 0 aromatic heterocycles. The molecule has 1 unspecified atom stereocenters. The molecule has 1 aromatic carbocycles. The molecule has 1 aromatic rings. The lowest BCUT2D eigenvalue weighted by Crippen LogP contribution is -2.28. The van der Waals surface area contributed by atoms with Crippen LogP contribution in [0.15, 0.2) is 24.3 Å². The summed E-state index contributed by atoms with van der Waals surface area (Å²) < 4.78 is 0. The van der Waals surface area contributed by atoms with Gasteiger partial charge in [-0.25, -0.2) is 0 Å². The molecule has 1 N–H and O–H groups in total. The van der Waals surface area contributed by atoms with Crippen molar-refractivity contribution >= 4 is 0 Å². The van der Waals surface area contributed by atoms with Crippen molar-refractivity contribution < 1.29 is 0 Å². The van der Waals surface area contributed by atoms with Crippen molar-refractivity contribution in [3.05, 3.63) is 35.4 Å². The number of benzene rings is 1. The summed E-state index contributed by atoms with van der Waals surface area (Å²) in [5.41, 5.74) is 2.84. The first-order chi connectivity index (χ1) is 8.63. The van der Waals surface area contributed by atoms with E-state index in [4.69, 9.17) is 0 Å². The van der Waals surface area contributed by atoms with Crippen LogP contribution in [0.5, 0.6) is 0 Å². The number of aryl methyl sites for hydroxylation is 1. The largest absolute Gasteiger partial charge is 0.309 e. The van der Waals surface area contributed by atoms with Crippen molar-refractivity contribution in [3.8, 4) is 0 Å². The lowest BCUT2D eigenvalue weighted by atomic mass is 10.0. The Hall–Kier alpha value is -0.860. The molecule has 2 heteroatoms. The maximum absolute atomic E-state index is 3.55. The number of hydrogen-bond acceptors (Lipinski definition) is 2. The zero-order valence-electron chi connectivity index (χ0n) is 12.4. The molecule has 0 aliphatic rings. The Labute approximate surface area is 112 Å². The number of likely N-dealkylation sites (N-methyl/N-ethyl adjacent to an activating group) is 1. The van der Waals surface area contributed by atoms with Crippen LogP contribution in [0.1, 0.15) is 43.9 Å². The second-order valence-corrected chi connectivity index (χ2v) is 5.32. The molecule has 0 spiro atoms. The van der Waals surface area contributed by atoms with Crippen molar-refractivity contribution in [2.75, 3.05) is 27.2 Å². The van der Waals surface area contributed by atoms with E-state index in [-0.39, 0.29) is 0 Å². The summed E-state index contributed by atoms with van der Waals surface area (Å²) in [6.07, 6.45) is 3.76. The molecule has 0 radical (unpaired) electrons. The molecule has 0 heterocycles. The van der Waals surface area contributed by atoms with Gasteiger partial charge >= 0.3 is 0 Å². The summed E-state index contributed by atoms with van der Waals surface area (Å²) in [6.45, 7) is 6.59. The van der Waals surface area contributed by atoms with Gasteiger partial charge in [0.1, 0.15) is 0 Å². The summed E-state index contributed by atoms with van der Waals surface area (Å²) >= 11 is 0. The van der Waals surface area contributed by atoms with E-state index < -0.39 is 0 Å². The topological polar surface area (TPSA) is 15.3 Å². The average molecular weight is 248 g/mol. The van der Waals surface area contributed by atoms with Crippen LogP contribution in [0.3, 0.4) is 0 Å². The van der Waals surface area contributed by atoms with Crippen molar-refractivity contribution in [2.45, 2.75) is 39.2 Å². The highest BCUT2D eigenvalue weighted by Crippen LogP contribution is 2.14. The van der Waals surface area contributed by atoms with E-state index >= 15 is 0 Å². The summed E-state index contributed by atoms with van der Waals surface area (Å²) in [6, 6.07) is 9.51. The minimum absolute atomic E-state index is 0.435. The quantitative estimate of drug-likeness (QED) is 0.760. The first-order valence-electron chi connectivity index (χ1n) is 7.10. The summed E-state index contributed by atoms with van der Waals surface area (Å²) in [5, 5.41) is 3.55. The molecule has 0 saturated heterocycles. The van der Waals surface area contributed by atoms with Crippen LogP contribution < -0.4 is 5.32 Å². The van der Waals surface area contributed by atoms with Gasteiger partial charge in [-0.05, 0) is 45.0 Å². The maximum Gasteiger partial charge on any atom is 0.0292 e. The molecule has 102 valence electrons. The van der Waals surface area contributed by atoms with Gasteiger partial charge in [0.2, 0.25) is 0 Å². The monoisotopic (exact) mass is 248 g/mol. The van der Waals surface area contributed by atoms with Gasteiger partial charge in [-0.15, -0.1) is 0 Å². The SMILES string of the molecule is CCCCc1ccc(C(C)NCCN(C)C)cc1. The Kier molecular flexibility index (Phi) is 6.99. The van der Waals surface area contributed by atoms with Crippen LogP contribution in [0, 0.1) is 0 Å². The summed E-state index contributed by atoms with van der Waals surface area (Å²) in [4.78, 5) is 2.20. The number of hydrogen-bond donors (Lipinski definition) is 1. The number of unbranched alkanes of at least 4 members (excludes halogenated alkanes) is 1. The zero-order valence-corrected chi connectivity index (χ0v) is 12.4. The lowest BCUT2D eigenvalue weighted by Gasteiger charge is -2.16. The molecular formula is C16H28N2. The second kappa shape index (κ2) is 8.28.